The minimum atomic E-state index is 0.576. The van der Waals surface area contributed by atoms with E-state index in [4.69, 9.17) is 16.6 Å². The van der Waals surface area contributed by atoms with Gasteiger partial charge in [-0.1, -0.05) is 22.9 Å². The van der Waals surface area contributed by atoms with Gasteiger partial charge in [0.25, 0.3) is 0 Å². The standard InChI is InChI=1S/C16H20BrClN2S/c1-2-21-13-5-4-12(10-13)20-15-9-11(17)3-6-14(15)19-16(20)7-8-18/h3,6,9,12-13H,2,4-5,7-8,10H2,1H3. The summed E-state index contributed by atoms with van der Waals surface area (Å²) in [6, 6.07) is 6.93. The summed E-state index contributed by atoms with van der Waals surface area (Å²) in [5, 5.41) is 0.799. The number of hydrogen-bond donors (Lipinski definition) is 0. The average Bonchev–Trinajstić information content (AvgIpc) is 3.03. The van der Waals surface area contributed by atoms with Gasteiger partial charge in [0.15, 0.2) is 0 Å². The Kier molecular flexibility index (Phi) is 5.18. The largest absolute Gasteiger partial charge is 0.325 e. The van der Waals surface area contributed by atoms with Gasteiger partial charge >= 0.3 is 0 Å². The molecule has 1 saturated carbocycles. The second-order valence-corrected chi connectivity index (χ2v) is 8.39. The molecule has 0 spiro atoms. The first kappa shape index (κ1) is 15.7. The lowest BCUT2D eigenvalue weighted by molar-refractivity contribution is 0.514. The number of fused-ring (bicyclic) bond motifs is 1. The Hall–Kier alpha value is -0.190. The van der Waals surface area contributed by atoms with Gasteiger partial charge in [0, 0.05) is 28.1 Å². The number of aryl methyl sites for hydroxylation is 1. The monoisotopic (exact) mass is 386 g/mol. The third-order valence-electron chi connectivity index (χ3n) is 4.17. The number of benzene rings is 1. The maximum absolute atomic E-state index is 5.99. The van der Waals surface area contributed by atoms with Crippen molar-refractivity contribution in [2.24, 2.45) is 0 Å². The molecule has 1 aromatic carbocycles. The minimum Gasteiger partial charge on any atom is -0.325 e. The van der Waals surface area contributed by atoms with Gasteiger partial charge in [0.05, 0.1) is 11.0 Å². The maximum atomic E-state index is 5.99. The van der Waals surface area contributed by atoms with Gasteiger partial charge in [-0.2, -0.15) is 11.8 Å². The number of imidazole rings is 1. The van der Waals surface area contributed by atoms with E-state index in [0.717, 1.165) is 27.5 Å². The van der Waals surface area contributed by atoms with E-state index >= 15 is 0 Å². The van der Waals surface area contributed by atoms with Crippen LogP contribution in [0.2, 0.25) is 0 Å². The minimum absolute atomic E-state index is 0.576. The Morgan fingerprint density at radius 1 is 1.43 bits per heavy atom. The predicted octanol–water partition coefficient (Wildman–Crippen LogP) is 5.43. The molecular formula is C16H20BrClN2S. The molecule has 0 saturated heterocycles. The molecule has 5 heteroatoms. The highest BCUT2D eigenvalue weighted by Gasteiger charge is 2.28. The van der Waals surface area contributed by atoms with E-state index in [2.05, 4.69) is 57.4 Å². The van der Waals surface area contributed by atoms with Crippen LogP contribution in [0.25, 0.3) is 11.0 Å². The average molecular weight is 388 g/mol. The van der Waals surface area contributed by atoms with Gasteiger partial charge in [0.2, 0.25) is 0 Å². The van der Waals surface area contributed by atoms with Crippen molar-refractivity contribution in [3.05, 3.63) is 28.5 Å². The lowest BCUT2D eigenvalue weighted by Gasteiger charge is -2.17. The van der Waals surface area contributed by atoms with Crippen molar-refractivity contribution in [3.8, 4) is 0 Å². The molecule has 0 amide bonds. The van der Waals surface area contributed by atoms with Crippen LogP contribution < -0.4 is 0 Å². The zero-order chi connectivity index (χ0) is 14.8. The molecule has 1 fully saturated rings. The lowest BCUT2D eigenvalue weighted by atomic mass is 10.2. The fourth-order valence-electron chi connectivity index (χ4n) is 3.32. The molecule has 3 rings (SSSR count). The van der Waals surface area contributed by atoms with Gasteiger partial charge in [-0.3, -0.25) is 0 Å². The number of rotatable bonds is 5. The van der Waals surface area contributed by atoms with Gasteiger partial charge in [0.1, 0.15) is 5.82 Å². The molecule has 1 aliphatic carbocycles. The zero-order valence-electron chi connectivity index (χ0n) is 12.2. The molecule has 2 aromatic rings. The lowest BCUT2D eigenvalue weighted by Crippen LogP contribution is -2.11. The highest BCUT2D eigenvalue weighted by Crippen LogP contribution is 2.39. The number of alkyl halides is 1. The Bertz CT molecular complexity index is 628. The summed E-state index contributed by atoms with van der Waals surface area (Å²) in [5.41, 5.74) is 2.33. The molecule has 1 heterocycles. The van der Waals surface area contributed by atoms with Crippen LogP contribution in [0, 0.1) is 0 Å². The molecule has 0 radical (unpaired) electrons. The van der Waals surface area contributed by atoms with E-state index in [-0.39, 0.29) is 0 Å². The number of halogens is 2. The number of aromatic nitrogens is 2. The fraction of sp³-hybridized carbons (Fsp3) is 0.562. The van der Waals surface area contributed by atoms with Gasteiger partial charge in [-0.15, -0.1) is 11.6 Å². The van der Waals surface area contributed by atoms with Crippen molar-refractivity contribution in [1.82, 2.24) is 9.55 Å². The molecule has 114 valence electrons. The number of thioether (sulfide) groups is 1. The number of nitrogens with zero attached hydrogens (tertiary/aromatic N) is 2. The summed E-state index contributed by atoms with van der Waals surface area (Å²) in [7, 11) is 0. The molecule has 1 aromatic heterocycles. The normalized spacial score (nSPS) is 22.2. The van der Waals surface area contributed by atoms with Gasteiger partial charge < -0.3 is 4.57 Å². The highest BCUT2D eigenvalue weighted by molar-refractivity contribution is 9.10. The maximum Gasteiger partial charge on any atom is 0.111 e. The summed E-state index contributed by atoms with van der Waals surface area (Å²) in [6.45, 7) is 2.25. The van der Waals surface area contributed by atoms with Crippen molar-refractivity contribution < 1.29 is 0 Å². The summed E-state index contributed by atoms with van der Waals surface area (Å²) in [4.78, 5) is 4.81. The molecule has 21 heavy (non-hydrogen) atoms. The third kappa shape index (κ3) is 3.27. The van der Waals surface area contributed by atoms with Gasteiger partial charge in [-0.25, -0.2) is 4.98 Å². The fourth-order valence-corrected chi connectivity index (χ4v) is 4.97. The van der Waals surface area contributed by atoms with E-state index in [1.165, 1.54) is 30.5 Å². The highest BCUT2D eigenvalue weighted by atomic mass is 79.9. The van der Waals surface area contributed by atoms with Crippen LogP contribution in [-0.2, 0) is 6.42 Å². The number of hydrogen-bond acceptors (Lipinski definition) is 2. The molecule has 2 nitrogen and oxygen atoms in total. The van der Waals surface area contributed by atoms with Crippen LogP contribution in [0.3, 0.4) is 0 Å². The first-order chi connectivity index (χ1) is 10.2. The second kappa shape index (κ2) is 6.93. The van der Waals surface area contributed by atoms with E-state index < -0.39 is 0 Å². The summed E-state index contributed by atoms with van der Waals surface area (Å²) in [6.07, 6.45) is 4.67. The first-order valence-corrected chi connectivity index (χ1v) is 9.94. The summed E-state index contributed by atoms with van der Waals surface area (Å²) in [5.74, 6) is 2.98. The van der Waals surface area contributed by atoms with Crippen LogP contribution in [0.5, 0.6) is 0 Å². The zero-order valence-corrected chi connectivity index (χ0v) is 15.3. The Labute approximate surface area is 143 Å². The molecule has 0 N–H and O–H groups in total. The van der Waals surface area contributed by atoms with Crippen LogP contribution >= 0.6 is 39.3 Å². The smallest absolute Gasteiger partial charge is 0.111 e. The molecule has 0 aliphatic heterocycles. The Balaban J connectivity index is 1.99. The van der Waals surface area contributed by atoms with Crippen molar-refractivity contribution in [3.63, 3.8) is 0 Å². The van der Waals surface area contributed by atoms with Crippen molar-refractivity contribution in [2.75, 3.05) is 11.6 Å². The van der Waals surface area contributed by atoms with E-state index in [1.54, 1.807) is 0 Å². The van der Waals surface area contributed by atoms with E-state index in [0.29, 0.717) is 11.9 Å². The first-order valence-electron chi connectivity index (χ1n) is 7.56. The van der Waals surface area contributed by atoms with Gasteiger partial charge in [-0.05, 0) is 43.2 Å². The SMILES string of the molecule is CCSC1CCC(n2c(CCCl)nc3ccc(Br)cc32)C1. The Morgan fingerprint density at radius 2 is 2.29 bits per heavy atom. The molecular weight excluding hydrogens is 368 g/mol. The second-order valence-electron chi connectivity index (χ2n) is 5.51. The molecule has 2 unspecified atom stereocenters. The third-order valence-corrected chi connectivity index (χ3v) is 6.08. The van der Waals surface area contributed by atoms with Crippen LogP contribution in [-0.4, -0.2) is 26.4 Å². The molecule has 0 bridgehead atoms. The Morgan fingerprint density at radius 3 is 3.05 bits per heavy atom. The van der Waals surface area contributed by atoms with Crippen LogP contribution in [0.15, 0.2) is 22.7 Å². The quantitative estimate of drug-likeness (QED) is 0.637. The molecule has 2 atom stereocenters. The van der Waals surface area contributed by atoms with E-state index in [9.17, 15) is 0 Å². The summed E-state index contributed by atoms with van der Waals surface area (Å²) < 4.78 is 3.57. The summed E-state index contributed by atoms with van der Waals surface area (Å²) >= 11 is 11.7. The van der Waals surface area contributed by atoms with Crippen LogP contribution in [0.4, 0.5) is 0 Å². The van der Waals surface area contributed by atoms with Crippen molar-refractivity contribution in [2.45, 2.75) is 43.9 Å². The topological polar surface area (TPSA) is 17.8 Å². The predicted molar refractivity (Wildman–Crippen MR) is 96.7 cm³/mol. The van der Waals surface area contributed by atoms with Crippen LogP contribution in [0.1, 0.15) is 38.1 Å². The van der Waals surface area contributed by atoms with Crippen molar-refractivity contribution in [1.29, 1.82) is 0 Å². The molecule has 1 aliphatic rings. The van der Waals surface area contributed by atoms with E-state index in [1.807, 2.05) is 0 Å². The van der Waals surface area contributed by atoms with Crippen molar-refractivity contribution >= 4 is 50.3 Å².